The van der Waals surface area contributed by atoms with Gasteiger partial charge in [0.2, 0.25) is 26.2 Å². The van der Waals surface area contributed by atoms with E-state index in [1.54, 1.807) is 38.1 Å². The molecule has 12 heteroatoms. The van der Waals surface area contributed by atoms with Crippen LogP contribution in [0.5, 0.6) is 0 Å². The number of nitrogens with zero attached hydrogens (tertiary/aromatic N) is 2. The zero-order valence-electron chi connectivity index (χ0n) is 14.9. The third-order valence-corrected chi connectivity index (χ3v) is 4.64. The number of hydrogen-bond acceptors (Lipinski definition) is 7. The van der Waals surface area contributed by atoms with E-state index in [1.807, 2.05) is 6.07 Å². The maximum Gasteiger partial charge on any atom is 0.319 e. The van der Waals surface area contributed by atoms with Crippen LogP contribution < -0.4 is 20.7 Å². The lowest BCUT2D eigenvalue weighted by molar-refractivity contribution is -0.118. The average Bonchev–Trinajstić information content (AvgIpc) is 2.98. The van der Waals surface area contributed by atoms with Crippen LogP contribution in [0.4, 0.5) is 20.7 Å². The Balaban J connectivity index is 1.99. The number of urea groups is 1. The van der Waals surface area contributed by atoms with Crippen molar-refractivity contribution in [2.75, 3.05) is 21.6 Å². The fraction of sp³-hybridized carbons (Fsp3) is 0.333. The number of nitrogens with one attached hydrogen (secondary N) is 4. The van der Waals surface area contributed by atoms with E-state index in [1.165, 1.54) is 0 Å². The van der Waals surface area contributed by atoms with Gasteiger partial charge in [0.25, 0.3) is 0 Å². The molecular formula is C15H20N6O4S2. The first-order valence-electron chi connectivity index (χ1n) is 7.89. The Bertz CT molecular complexity index is 898. The van der Waals surface area contributed by atoms with Crippen molar-refractivity contribution in [1.82, 2.24) is 15.5 Å². The Kier molecular flexibility index (Phi) is 6.69. The summed E-state index contributed by atoms with van der Waals surface area (Å²) in [5.74, 6) is -0.691. The Morgan fingerprint density at radius 1 is 1.04 bits per heavy atom. The topological polar surface area (TPSA) is 142 Å². The van der Waals surface area contributed by atoms with Gasteiger partial charge in [-0.1, -0.05) is 43.4 Å². The smallest absolute Gasteiger partial charge is 0.319 e. The second-order valence-corrected chi connectivity index (χ2v) is 8.69. The Morgan fingerprint density at radius 2 is 1.67 bits per heavy atom. The van der Waals surface area contributed by atoms with Gasteiger partial charge in [0.1, 0.15) is 6.04 Å². The van der Waals surface area contributed by atoms with E-state index in [0.717, 1.165) is 17.6 Å². The van der Waals surface area contributed by atoms with E-state index in [4.69, 9.17) is 0 Å². The lowest BCUT2D eigenvalue weighted by Crippen LogP contribution is -2.48. The summed E-state index contributed by atoms with van der Waals surface area (Å²) in [7, 11) is -3.49. The molecule has 0 bridgehead atoms. The molecule has 0 fully saturated rings. The van der Waals surface area contributed by atoms with Gasteiger partial charge in [-0.2, -0.15) is 0 Å². The Labute approximate surface area is 160 Å². The molecule has 1 aromatic carbocycles. The molecular weight excluding hydrogens is 392 g/mol. The number of carbonyl (C=O) groups excluding carboxylic acids is 2. The SMILES string of the molecule is CC(C)C(NC(=O)Nc1ccccc1)C(=O)Nc1nnc(NS(C)(=O)=O)s1. The molecule has 146 valence electrons. The van der Waals surface area contributed by atoms with E-state index >= 15 is 0 Å². The van der Waals surface area contributed by atoms with Gasteiger partial charge in [-0.3, -0.25) is 14.8 Å². The third-order valence-electron chi connectivity index (χ3n) is 3.20. The van der Waals surface area contributed by atoms with Gasteiger partial charge in [-0.05, 0) is 18.1 Å². The summed E-state index contributed by atoms with van der Waals surface area (Å²) >= 11 is 0.866. The van der Waals surface area contributed by atoms with Gasteiger partial charge < -0.3 is 10.6 Å². The predicted molar refractivity (Wildman–Crippen MR) is 104 cm³/mol. The second-order valence-electron chi connectivity index (χ2n) is 5.96. The molecule has 1 aromatic heterocycles. The molecule has 3 amide bonds. The summed E-state index contributed by atoms with van der Waals surface area (Å²) in [5.41, 5.74) is 0.596. The standard InChI is InChI=1S/C15H20N6O4S2/c1-9(2)11(17-13(23)16-10-7-5-4-6-8-10)12(22)18-14-19-20-15(26-14)21-27(3,24)25/h4-9,11H,1-3H3,(H,20,21)(H2,16,17,23)(H,18,19,22). The molecule has 0 saturated heterocycles. The Morgan fingerprint density at radius 3 is 2.26 bits per heavy atom. The molecule has 0 aliphatic rings. The van der Waals surface area contributed by atoms with Gasteiger partial charge in [-0.25, -0.2) is 13.2 Å². The van der Waals surface area contributed by atoms with Gasteiger partial charge in [0, 0.05) is 5.69 Å². The molecule has 0 aliphatic heterocycles. The predicted octanol–water partition coefficient (Wildman–Crippen LogP) is 1.69. The highest BCUT2D eigenvalue weighted by molar-refractivity contribution is 7.92. The van der Waals surface area contributed by atoms with Crippen molar-refractivity contribution in [2.45, 2.75) is 19.9 Å². The van der Waals surface area contributed by atoms with Crippen LogP contribution in [0.3, 0.4) is 0 Å². The molecule has 1 atom stereocenters. The highest BCUT2D eigenvalue weighted by Gasteiger charge is 2.25. The summed E-state index contributed by atoms with van der Waals surface area (Å²) in [6.07, 6.45) is 0.983. The summed E-state index contributed by atoms with van der Waals surface area (Å²) in [6, 6.07) is 7.47. The van der Waals surface area contributed by atoms with Crippen LogP contribution in [0.2, 0.25) is 0 Å². The van der Waals surface area contributed by atoms with Crippen molar-refractivity contribution in [1.29, 1.82) is 0 Å². The number of sulfonamides is 1. The summed E-state index contributed by atoms with van der Waals surface area (Å²) < 4.78 is 24.5. The first-order valence-corrected chi connectivity index (χ1v) is 10.6. The second kappa shape index (κ2) is 8.77. The number of benzene rings is 1. The molecule has 1 unspecified atom stereocenters. The van der Waals surface area contributed by atoms with E-state index in [0.29, 0.717) is 5.69 Å². The summed E-state index contributed by atoms with van der Waals surface area (Å²) in [6.45, 7) is 3.56. The van der Waals surface area contributed by atoms with Crippen molar-refractivity contribution in [3.63, 3.8) is 0 Å². The largest absolute Gasteiger partial charge is 0.326 e. The molecule has 0 aliphatic carbocycles. The third kappa shape index (κ3) is 6.83. The van der Waals surface area contributed by atoms with Crippen LogP contribution in [0.1, 0.15) is 13.8 Å². The van der Waals surface area contributed by atoms with Crippen LogP contribution >= 0.6 is 11.3 Å². The number of rotatable bonds is 7. The normalized spacial score (nSPS) is 12.3. The number of carbonyl (C=O) groups is 2. The zero-order valence-corrected chi connectivity index (χ0v) is 16.5. The maximum absolute atomic E-state index is 12.5. The molecule has 27 heavy (non-hydrogen) atoms. The molecule has 2 aromatic rings. The lowest BCUT2D eigenvalue weighted by atomic mass is 10.0. The molecule has 0 spiro atoms. The van der Waals surface area contributed by atoms with Crippen LogP contribution in [0.25, 0.3) is 0 Å². The highest BCUT2D eigenvalue weighted by atomic mass is 32.2. The van der Waals surface area contributed by atoms with Crippen molar-refractivity contribution in [3.05, 3.63) is 30.3 Å². The minimum atomic E-state index is -3.49. The fourth-order valence-electron chi connectivity index (χ4n) is 2.02. The van der Waals surface area contributed by atoms with Crippen LogP contribution in [0.15, 0.2) is 30.3 Å². The molecule has 1 heterocycles. The summed E-state index contributed by atoms with van der Waals surface area (Å²) in [5, 5.41) is 15.3. The maximum atomic E-state index is 12.5. The van der Waals surface area contributed by atoms with Gasteiger partial charge in [0.05, 0.1) is 6.26 Å². The number of amides is 3. The number of hydrogen-bond donors (Lipinski definition) is 4. The van der Waals surface area contributed by atoms with Gasteiger partial charge >= 0.3 is 6.03 Å². The van der Waals surface area contributed by atoms with E-state index in [9.17, 15) is 18.0 Å². The van der Waals surface area contributed by atoms with Crippen molar-refractivity contribution in [2.24, 2.45) is 5.92 Å². The first kappa shape index (κ1) is 20.6. The van der Waals surface area contributed by atoms with E-state index in [2.05, 4.69) is 30.9 Å². The van der Waals surface area contributed by atoms with Crippen LogP contribution in [0, 0.1) is 5.92 Å². The zero-order chi connectivity index (χ0) is 20.0. The average molecular weight is 412 g/mol. The summed E-state index contributed by atoms with van der Waals surface area (Å²) in [4.78, 5) is 24.6. The molecule has 2 rings (SSSR count). The number of para-hydroxylation sites is 1. The van der Waals surface area contributed by atoms with Gasteiger partial charge in [0.15, 0.2) is 0 Å². The van der Waals surface area contributed by atoms with Crippen molar-refractivity contribution >= 4 is 49.2 Å². The Hall–Kier alpha value is -2.73. The number of aromatic nitrogens is 2. The first-order chi connectivity index (χ1) is 12.6. The van der Waals surface area contributed by atoms with Gasteiger partial charge in [-0.15, -0.1) is 10.2 Å². The quantitative estimate of drug-likeness (QED) is 0.545. The van der Waals surface area contributed by atoms with Crippen LogP contribution in [-0.2, 0) is 14.8 Å². The number of anilines is 3. The minimum Gasteiger partial charge on any atom is -0.326 e. The van der Waals surface area contributed by atoms with E-state index in [-0.39, 0.29) is 16.2 Å². The monoisotopic (exact) mass is 412 g/mol. The van der Waals surface area contributed by atoms with Crippen molar-refractivity contribution < 1.29 is 18.0 Å². The minimum absolute atomic E-state index is 0.0312. The van der Waals surface area contributed by atoms with Crippen LogP contribution in [-0.4, -0.2) is 42.9 Å². The molecule has 0 saturated carbocycles. The highest BCUT2D eigenvalue weighted by Crippen LogP contribution is 2.21. The molecule has 4 N–H and O–H groups in total. The molecule has 10 nitrogen and oxygen atoms in total. The van der Waals surface area contributed by atoms with Crippen molar-refractivity contribution in [3.8, 4) is 0 Å². The molecule has 0 radical (unpaired) electrons. The van der Waals surface area contributed by atoms with E-state index < -0.39 is 28.0 Å². The fourth-order valence-corrected chi connectivity index (χ4v) is 3.50. The lowest BCUT2D eigenvalue weighted by Gasteiger charge is -2.21.